The Bertz CT molecular complexity index is 1300. The topological polar surface area (TPSA) is 70.5 Å². The molecule has 0 spiro atoms. The second-order valence-electron chi connectivity index (χ2n) is 7.08. The molecule has 0 radical (unpaired) electrons. The minimum Gasteiger partial charge on any atom is -0.456 e. The van der Waals surface area contributed by atoms with Crippen molar-refractivity contribution in [1.82, 2.24) is 0 Å². The molecule has 0 fully saturated rings. The van der Waals surface area contributed by atoms with Crippen molar-refractivity contribution in [2.45, 2.75) is 18.5 Å². The summed E-state index contributed by atoms with van der Waals surface area (Å²) < 4.78 is 159. The molecule has 0 aliphatic carbocycles. The molecule has 0 bridgehead atoms. The van der Waals surface area contributed by atoms with Crippen molar-refractivity contribution >= 4 is 11.4 Å². The van der Waals surface area contributed by atoms with Crippen molar-refractivity contribution in [2.75, 3.05) is 11.5 Å². The van der Waals surface area contributed by atoms with E-state index >= 15 is 0 Å². The highest BCUT2D eigenvalue weighted by Gasteiger charge is 2.43. The molecule has 3 aromatic carbocycles. The molecule has 0 aliphatic rings. The lowest BCUT2D eigenvalue weighted by Gasteiger charge is -2.20. The first-order valence-corrected chi connectivity index (χ1v) is 9.28. The maximum absolute atomic E-state index is 14.5. The molecule has 3 aromatic rings. The minimum absolute atomic E-state index is 0.0477. The maximum atomic E-state index is 14.5. The lowest BCUT2D eigenvalue weighted by molar-refractivity contribution is -0.141. The molecule has 0 saturated heterocycles. The van der Waals surface area contributed by atoms with Crippen LogP contribution in [0.1, 0.15) is 16.7 Å². The molecule has 0 atom stereocenters. The third kappa shape index (κ3) is 5.49. The highest BCUT2D eigenvalue weighted by molar-refractivity contribution is 5.55. The van der Waals surface area contributed by atoms with Crippen LogP contribution in [0.25, 0.3) is 0 Å². The fourth-order valence-corrected chi connectivity index (χ4v) is 2.95. The number of hydrogen-bond donors (Lipinski definition) is 2. The first-order chi connectivity index (χ1) is 16.4. The van der Waals surface area contributed by atoms with Gasteiger partial charge in [-0.1, -0.05) is 0 Å². The Morgan fingerprint density at radius 3 is 1.31 bits per heavy atom. The van der Waals surface area contributed by atoms with E-state index in [1.807, 2.05) is 0 Å². The number of halogens is 11. The average molecular weight is 532 g/mol. The van der Waals surface area contributed by atoms with E-state index < -0.39 is 75.5 Å². The van der Waals surface area contributed by atoms with Crippen LogP contribution in [-0.4, -0.2) is 0 Å². The Hall–Kier alpha value is -3.91. The molecule has 36 heavy (non-hydrogen) atoms. The van der Waals surface area contributed by atoms with Gasteiger partial charge in [-0.3, -0.25) is 0 Å². The Labute approximate surface area is 193 Å². The summed E-state index contributed by atoms with van der Waals surface area (Å²) in [5, 5.41) is 0. The molecule has 0 saturated carbocycles. The zero-order chi connectivity index (χ0) is 27.2. The number of nitrogens with two attached hydrogens (primary N) is 2. The number of hydrogen-bond acceptors (Lipinski definition) is 4. The van der Waals surface area contributed by atoms with Crippen LogP contribution in [-0.2, 0) is 18.5 Å². The van der Waals surface area contributed by atoms with Crippen LogP contribution < -0.4 is 20.9 Å². The van der Waals surface area contributed by atoms with Crippen LogP contribution in [0.4, 0.5) is 59.7 Å². The maximum Gasteiger partial charge on any atom is 0.422 e. The third-order valence-electron chi connectivity index (χ3n) is 4.48. The van der Waals surface area contributed by atoms with Crippen LogP contribution in [0, 0.1) is 11.6 Å². The second-order valence-corrected chi connectivity index (χ2v) is 7.08. The molecule has 4 N–H and O–H groups in total. The van der Waals surface area contributed by atoms with Crippen molar-refractivity contribution in [3.63, 3.8) is 0 Å². The standard InChI is InChI=1S/C21H11F11N2O2/c22-17-15(36-13-6-9(34)2-4-11(13)20(27,28)29)7-14(16(18(17)23)21(30,31)32)35-12-5-8(33)1-3-10(12)19(24,25)26/h1-7H,33-34H2. The van der Waals surface area contributed by atoms with Crippen LogP contribution in [0.5, 0.6) is 23.0 Å². The summed E-state index contributed by atoms with van der Waals surface area (Å²) in [6.45, 7) is 0. The van der Waals surface area contributed by atoms with Crippen LogP contribution >= 0.6 is 0 Å². The van der Waals surface area contributed by atoms with Crippen molar-refractivity contribution in [3.05, 3.63) is 70.8 Å². The van der Waals surface area contributed by atoms with Gasteiger partial charge in [-0.15, -0.1) is 0 Å². The fraction of sp³-hybridized carbons (Fsp3) is 0.143. The zero-order valence-corrected chi connectivity index (χ0v) is 17.2. The Morgan fingerprint density at radius 1 is 0.500 bits per heavy atom. The van der Waals surface area contributed by atoms with Gasteiger partial charge in [0.15, 0.2) is 11.6 Å². The van der Waals surface area contributed by atoms with Crippen molar-refractivity contribution < 1.29 is 57.8 Å². The van der Waals surface area contributed by atoms with Crippen LogP contribution in [0.3, 0.4) is 0 Å². The van der Waals surface area contributed by atoms with Crippen molar-refractivity contribution in [1.29, 1.82) is 0 Å². The number of benzene rings is 3. The number of anilines is 2. The first-order valence-electron chi connectivity index (χ1n) is 9.28. The van der Waals surface area contributed by atoms with Crippen LogP contribution in [0.15, 0.2) is 42.5 Å². The summed E-state index contributed by atoms with van der Waals surface area (Å²) in [4.78, 5) is 0. The van der Waals surface area contributed by atoms with Gasteiger partial charge in [0, 0.05) is 29.6 Å². The van der Waals surface area contributed by atoms with Gasteiger partial charge in [-0.05, 0) is 24.3 Å². The van der Waals surface area contributed by atoms with Gasteiger partial charge in [0.05, 0.1) is 11.1 Å². The highest BCUT2D eigenvalue weighted by Crippen LogP contribution is 2.47. The van der Waals surface area contributed by atoms with E-state index in [0.29, 0.717) is 24.3 Å². The monoisotopic (exact) mass is 532 g/mol. The summed E-state index contributed by atoms with van der Waals surface area (Å²) in [7, 11) is 0. The number of rotatable bonds is 4. The van der Waals surface area contributed by atoms with Gasteiger partial charge in [0.2, 0.25) is 5.82 Å². The smallest absolute Gasteiger partial charge is 0.422 e. The lowest BCUT2D eigenvalue weighted by Crippen LogP contribution is -2.14. The largest absolute Gasteiger partial charge is 0.456 e. The van der Waals surface area contributed by atoms with E-state index in [0.717, 1.165) is 12.1 Å². The van der Waals surface area contributed by atoms with E-state index in [2.05, 4.69) is 9.47 Å². The highest BCUT2D eigenvalue weighted by atomic mass is 19.4. The molecule has 0 aromatic heterocycles. The van der Waals surface area contributed by atoms with Gasteiger partial charge in [0.25, 0.3) is 0 Å². The van der Waals surface area contributed by atoms with Gasteiger partial charge >= 0.3 is 18.5 Å². The quantitative estimate of drug-likeness (QED) is 0.266. The Balaban J connectivity index is 2.24. The second kappa shape index (κ2) is 8.95. The number of ether oxygens (including phenoxy) is 2. The molecule has 194 valence electrons. The van der Waals surface area contributed by atoms with E-state index in [1.165, 1.54) is 0 Å². The molecule has 4 nitrogen and oxygen atoms in total. The molecule has 0 amide bonds. The summed E-state index contributed by atoms with van der Waals surface area (Å²) in [6, 6.07) is 3.24. The molecular weight excluding hydrogens is 521 g/mol. The summed E-state index contributed by atoms with van der Waals surface area (Å²) in [6.07, 6.45) is -16.0. The average Bonchev–Trinajstić information content (AvgIpc) is 2.69. The lowest BCUT2D eigenvalue weighted by atomic mass is 10.1. The first kappa shape index (κ1) is 26.7. The summed E-state index contributed by atoms with van der Waals surface area (Å²) in [5.74, 6) is -11.0. The Kier molecular flexibility index (Phi) is 6.63. The minimum atomic E-state index is -5.72. The third-order valence-corrected chi connectivity index (χ3v) is 4.48. The zero-order valence-electron chi connectivity index (χ0n) is 17.2. The van der Waals surface area contributed by atoms with Gasteiger partial charge < -0.3 is 20.9 Å². The fourth-order valence-electron chi connectivity index (χ4n) is 2.95. The number of alkyl halides is 9. The van der Waals surface area contributed by atoms with Gasteiger partial charge in [0.1, 0.15) is 22.8 Å². The van der Waals surface area contributed by atoms with Crippen LogP contribution in [0.2, 0.25) is 0 Å². The molecule has 15 heteroatoms. The Morgan fingerprint density at radius 2 is 0.917 bits per heavy atom. The number of nitrogen functional groups attached to an aromatic ring is 2. The van der Waals surface area contributed by atoms with E-state index in [-0.39, 0.29) is 11.8 Å². The molecule has 3 rings (SSSR count). The van der Waals surface area contributed by atoms with Gasteiger partial charge in [-0.2, -0.15) is 43.9 Å². The van der Waals surface area contributed by atoms with Gasteiger partial charge in [-0.25, -0.2) is 4.39 Å². The SMILES string of the molecule is Nc1ccc(C(F)(F)F)c(Oc2cc(Oc3cc(N)ccc3C(F)(F)F)c(C(F)(F)F)c(F)c2F)c1. The summed E-state index contributed by atoms with van der Waals surface area (Å²) >= 11 is 0. The molecule has 0 heterocycles. The molecule has 0 unspecified atom stereocenters. The van der Waals surface area contributed by atoms with Crippen molar-refractivity contribution in [3.8, 4) is 23.0 Å². The van der Waals surface area contributed by atoms with E-state index in [4.69, 9.17) is 11.5 Å². The van der Waals surface area contributed by atoms with E-state index in [1.54, 1.807) is 0 Å². The summed E-state index contributed by atoms with van der Waals surface area (Å²) in [5.41, 5.74) is 4.30. The molecule has 0 aliphatic heterocycles. The molecular formula is C21H11F11N2O2. The predicted molar refractivity (Wildman–Crippen MR) is 103 cm³/mol. The predicted octanol–water partition coefficient (Wildman–Crippen LogP) is 7.77. The van der Waals surface area contributed by atoms with Crippen molar-refractivity contribution in [2.24, 2.45) is 0 Å². The van der Waals surface area contributed by atoms with E-state index in [9.17, 15) is 48.3 Å². The normalized spacial score (nSPS) is 12.5.